The Kier molecular flexibility index (Phi) is 4.66. The van der Waals surface area contributed by atoms with Crippen LogP contribution in [0.5, 0.6) is 0 Å². The summed E-state index contributed by atoms with van der Waals surface area (Å²) in [5.74, 6) is -0.142. The maximum Gasteiger partial charge on any atom is 0.194 e. The van der Waals surface area contributed by atoms with Crippen LogP contribution in [0.2, 0.25) is 18.1 Å². The first-order valence-corrected chi connectivity index (χ1v) is 12.4. The normalized spacial score (nSPS) is 11.9. The van der Waals surface area contributed by atoms with E-state index in [1.165, 1.54) is 5.19 Å². The molecule has 1 heterocycles. The molecule has 0 unspecified atom stereocenters. The third-order valence-corrected chi connectivity index (χ3v) is 9.00. The minimum atomic E-state index is -2.24. The number of benzene rings is 3. The monoisotopic (exact) mass is 393 g/mol. The summed E-state index contributed by atoms with van der Waals surface area (Å²) in [4.78, 5) is 0. The summed E-state index contributed by atoms with van der Waals surface area (Å²) in [7, 11) is -2.24. The molecule has 136 valence electrons. The van der Waals surface area contributed by atoms with Gasteiger partial charge in [0.15, 0.2) is 5.95 Å². The Bertz CT molecular complexity index is 1090. The van der Waals surface area contributed by atoms with E-state index in [4.69, 9.17) is 11.6 Å². The Morgan fingerprint density at radius 3 is 2.19 bits per heavy atom. The first-order chi connectivity index (χ1) is 13.0. The largest absolute Gasteiger partial charge is 0.313 e. The first-order valence-electron chi connectivity index (χ1n) is 9.05. The van der Waals surface area contributed by atoms with Crippen molar-refractivity contribution in [2.45, 2.75) is 19.6 Å². The van der Waals surface area contributed by atoms with E-state index in [0.29, 0.717) is 11.6 Å². The van der Waals surface area contributed by atoms with Crippen molar-refractivity contribution in [3.63, 3.8) is 0 Å². The molecule has 0 saturated heterocycles. The number of aromatic nitrogens is 1. The Hall–Kier alpha value is -2.36. The molecule has 0 amide bonds. The van der Waals surface area contributed by atoms with Crippen molar-refractivity contribution in [2.24, 2.45) is 0 Å². The van der Waals surface area contributed by atoms with Crippen molar-refractivity contribution in [2.75, 3.05) is 0 Å². The second-order valence-electron chi connectivity index (χ2n) is 7.39. The van der Waals surface area contributed by atoms with Crippen LogP contribution in [0.3, 0.4) is 0 Å². The molecule has 0 radical (unpaired) electrons. The zero-order valence-corrected chi connectivity index (χ0v) is 17.2. The molecule has 0 aliphatic carbocycles. The van der Waals surface area contributed by atoms with Crippen LogP contribution in [-0.4, -0.2) is 12.6 Å². The van der Waals surface area contributed by atoms with Crippen molar-refractivity contribution in [1.82, 2.24) is 4.57 Å². The van der Waals surface area contributed by atoms with Crippen LogP contribution in [0.1, 0.15) is 5.56 Å². The Morgan fingerprint density at radius 2 is 1.52 bits per heavy atom. The molecular formula is C23H21ClFNSi. The van der Waals surface area contributed by atoms with Gasteiger partial charge in [-0.15, -0.1) is 0 Å². The minimum absolute atomic E-state index is 0.142. The van der Waals surface area contributed by atoms with Gasteiger partial charge in [-0.25, -0.2) is 0 Å². The standard InChI is InChI=1S/C23H21ClFNSi/c1-27(2,19-11-7-4-8-12-19)22-20-15-18(24)13-14-21(20)26(23(22)25)16-17-9-5-3-6-10-17/h3-15H,16H2,1-2H3. The predicted molar refractivity (Wildman–Crippen MR) is 116 cm³/mol. The van der Waals surface area contributed by atoms with Crippen molar-refractivity contribution < 1.29 is 4.39 Å². The number of hydrogen-bond donors (Lipinski definition) is 0. The number of fused-ring (bicyclic) bond motifs is 1. The minimum Gasteiger partial charge on any atom is -0.313 e. The Balaban J connectivity index is 1.96. The molecule has 0 spiro atoms. The molecule has 0 saturated carbocycles. The van der Waals surface area contributed by atoms with Crippen molar-refractivity contribution in [3.05, 3.63) is 95.4 Å². The summed E-state index contributed by atoms with van der Waals surface area (Å²) in [6.07, 6.45) is 0. The Labute approximate surface area is 165 Å². The van der Waals surface area contributed by atoms with Crippen LogP contribution in [0.25, 0.3) is 10.9 Å². The van der Waals surface area contributed by atoms with Gasteiger partial charge in [0.05, 0.1) is 12.1 Å². The van der Waals surface area contributed by atoms with E-state index in [1.54, 1.807) is 4.57 Å². The van der Waals surface area contributed by atoms with E-state index in [-0.39, 0.29) is 5.95 Å². The summed E-state index contributed by atoms with van der Waals surface area (Å²) in [6.45, 7) is 4.91. The predicted octanol–water partition coefficient (Wildman–Crippen LogP) is 5.30. The van der Waals surface area contributed by atoms with E-state index < -0.39 is 8.07 Å². The number of rotatable bonds is 4. The summed E-state index contributed by atoms with van der Waals surface area (Å²) in [6, 6.07) is 26.0. The van der Waals surface area contributed by atoms with E-state index in [2.05, 4.69) is 25.2 Å². The lowest BCUT2D eigenvalue weighted by Gasteiger charge is -2.23. The van der Waals surface area contributed by atoms with Gasteiger partial charge in [-0.2, -0.15) is 4.39 Å². The topological polar surface area (TPSA) is 4.93 Å². The molecule has 0 bridgehead atoms. The molecule has 4 rings (SSSR count). The fourth-order valence-corrected chi connectivity index (χ4v) is 6.82. The zero-order chi connectivity index (χ0) is 19.0. The van der Waals surface area contributed by atoms with E-state index in [1.807, 2.05) is 66.7 Å². The number of nitrogens with zero attached hydrogens (tertiary/aromatic N) is 1. The highest BCUT2D eigenvalue weighted by molar-refractivity contribution is 7.01. The number of hydrogen-bond acceptors (Lipinski definition) is 0. The third-order valence-electron chi connectivity index (χ3n) is 5.27. The SMILES string of the molecule is C[Si](C)(c1ccccc1)c1c(F)n(Cc2ccccc2)c2ccc(Cl)cc12. The molecule has 1 aromatic heterocycles. The van der Waals surface area contributed by atoms with Crippen LogP contribution >= 0.6 is 11.6 Å². The second kappa shape index (κ2) is 6.99. The average Bonchev–Trinajstić information content (AvgIpc) is 2.95. The van der Waals surface area contributed by atoms with Gasteiger partial charge in [-0.1, -0.05) is 90.5 Å². The molecule has 0 N–H and O–H groups in total. The van der Waals surface area contributed by atoms with Gasteiger partial charge in [0.2, 0.25) is 0 Å². The summed E-state index contributed by atoms with van der Waals surface area (Å²) >= 11 is 6.29. The number of halogens is 2. The smallest absolute Gasteiger partial charge is 0.194 e. The summed E-state index contributed by atoms with van der Waals surface area (Å²) < 4.78 is 17.6. The van der Waals surface area contributed by atoms with Crippen molar-refractivity contribution >= 4 is 41.0 Å². The molecule has 0 aliphatic rings. The quantitative estimate of drug-likeness (QED) is 0.414. The lowest BCUT2D eigenvalue weighted by Crippen LogP contribution is -2.54. The van der Waals surface area contributed by atoms with Crippen LogP contribution < -0.4 is 10.4 Å². The van der Waals surface area contributed by atoms with Crippen molar-refractivity contribution in [3.8, 4) is 0 Å². The molecule has 0 aliphatic heterocycles. The molecule has 3 aromatic carbocycles. The molecular weight excluding hydrogens is 373 g/mol. The maximum absolute atomic E-state index is 15.8. The van der Waals surface area contributed by atoms with E-state index in [0.717, 1.165) is 21.7 Å². The zero-order valence-electron chi connectivity index (χ0n) is 15.4. The lowest BCUT2D eigenvalue weighted by molar-refractivity contribution is 0.530. The van der Waals surface area contributed by atoms with Gasteiger partial charge < -0.3 is 4.57 Å². The van der Waals surface area contributed by atoms with Gasteiger partial charge in [0, 0.05) is 15.6 Å². The summed E-state index contributed by atoms with van der Waals surface area (Å²) in [5, 5.41) is 3.60. The fourth-order valence-electron chi connectivity index (χ4n) is 3.81. The van der Waals surface area contributed by atoms with Crippen LogP contribution in [0, 0.1) is 5.95 Å². The molecule has 27 heavy (non-hydrogen) atoms. The molecule has 1 nitrogen and oxygen atoms in total. The highest BCUT2D eigenvalue weighted by atomic mass is 35.5. The molecule has 4 aromatic rings. The van der Waals surface area contributed by atoms with Gasteiger partial charge in [0.25, 0.3) is 0 Å². The van der Waals surface area contributed by atoms with Crippen molar-refractivity contribution in [1.29, 1.82) is 0 Å². The van der Waals surface area contributed by atoms with Gasteiger partial charge in [0.1, 0.15) is 8.07 Å². The van der Waals surface area contributed by atoms with Gasteiger partial charge in [-0.3, -0.25) is 0 Å². The highest BCUT2D eigenvalue weighted by Gasteiger charge is 2.34. The van der Waals surface area contributed by atoms with Crippen LogP contribution in [0.4, 0.5) is 4.39 Å². The second-order valence-corrected chi connectivity index (χ2v) is 12.2. The molecule has 0 atom stereocenters. The highest BCUT2D eigenvalue weighted by Crippen LogP contribution is 2.25. The van der Waals surface area contributed by atoms with Crippen LogP contribution in [-0.2, 0) is 6.54 Å². The third kappa shape index (κ3) is 3.22. The lowest BCUT2D eigenvalue weighted by atomic mass is 10.2. The van der Waals surface area contributed by atoms with Gasteiger partial charge in [-0.05, 0) is 23.8 Å². The average molecular weight is 394 g/mol. The summed E-state index contributed by atoms with van der Waals surface area (Å²) in [5.41, 5.74) is 1.97. The van der Waals surface area contributed by atoms with Crippen LogP contribution in [0.15, 0.2) is 78.9 Å². The first kappa shape index (κ1) is 18.0. The Morgan fingerprint density at radius 1 is 0.889 bits per heavy atom. The van der Waals surface area contributed by atoms with Gasteiger partial charge >= 0.3 is 0 Å². The fraction of sp³-hybridized carbons (Fsp3) is 0.130. The maximum atomic E-state index is 15.8. The van der Waals surface area contributed by atoms with E-state index >= 15 is 4.39 Å². The molecule has 4 heteroatoms. The van der Waals surface area contributed by atoms with E-state index in [9.17, 15) is 0 Å². The molecule has 0 fully saturated rings.